The molecule has 2 aliphatic carbocycles. The van der Waals surface area contributed by atoms with Crippen molar-refractivity contribution < 1.29 is 14.6 Å². The number of aliphatic hydroxyl groups is 1. The lowest BCUT2D eigenvalue weighted by atomic mass is 10.0. The molecule has 2 saturated carbocycles. The Bertz CT molecular complexity index is 508. The van der Waals surface area contributed by atoms with Crippen LogP contribution >= 0.6 is 0 Å². The molecular formula is C16H21NO3. The molecule has 1 aliphatic heterocycles. The number of ether oxygens (including phenoxy) is 2. The van der Waals surface area contributed by atoms with E-state index < -0.39 is 6.10 Å². The topological polar surface area (TPSA) is 50.7 Å². The summed E-state index contributed by atoms with van der Waals surface area (Å²) >= 11 is 0. The average molecular weight is 275 g/mol. The number of hydrogen-bond acceptors (Lipinski definition) is 4. The molecule has 0 bridgehead atoms. The van der Waals surface area contributed by atoms with E-state index in [0.29, 0.717) is 12.0 Å². The zero-order valence-electron chi connectivity index (χ0n) is 11.6. The van der Waals surface area contributed by atoms with Crippen molar-refractivity contribution in [3.8, 4) is 11.5 Å². The summed E-state index contributed by atoms with van der Waals surface area (Å²) in [6.45, 7) is 1.93. The Morgan fingerprint density at radius 1 is 1.25 bits per heavy atom. The van der Waals surface area contributed by atoms with Gasteiger partial charge in [0.05, 0.1) is 6.10 Å². The zero-order chi connectivity index (χ0) is 13.6. The lowest BCUT2D eigenvalue weighted by Gasteiger charge is -2.17. The lowest BCUT2D eigenvalue weighted by molar-refractivity contribution is 0.168. The minimum Gasteiger partial charge on any atom is -0.454 e. The third kappa shape index (κ3) is 2.27. The van der Waals surface area contributed by atoms with Gasteiger partial charge in [-0.2, -0.15) is 0 Å². The van der Waals surface area contributed by atoms with Gasteiger partial charge >= 0.3 is 0 Å². The molecule has 108 valence electrons. The first-order valence-electron chi connectivity index (χ1n) is 7.55. The monoisotopic (exact) mass is 275 g/mol. The maximum absolute atomic E-state index is 10.3. The van der Waals surface area contributed by atoms with Gasteiger partial charge in [-0.3, -0.25) is 0 Å². The molecule has 1 atom stereocenters. The van der Waals surface area contributed by atoms with Gasteiger partial charge in [-0.25, -0.2) is 0 Å². The Morgan fingerprint density at radius 3 is 2.80 bits per heavy atom. The maximum Gasteiger partial charge on any atom is 0.231 e. The Kier molecular flexibility index (Phi) is 2.89. The predicted octanol–water partition coefficient (Wildman–Crippen LogP) is 2.23. The normalized spacial score (nSPS) is 23.6. The summed E-state index contributed by atoms with van der Waals surface area (Å²) < 4.78 is 10.6. The van der Waals surface area contributed by atoms with Gasteiger partial charge in [-0.05, 0) is 54.7 Å². The van der Waals surface area contributed by atoms with E-state index in [1.807, 2.05) is 18.2 Å². The third-order valence-electron chi connectivity index (χ3n) is 4.93. The standard InChI is InChI=1S/C16H21NO3/c18-13(8-17-9-16(5-6-16)12-2-3-12)11-1-4-14-15(7-11)20-10-19-14/h1,4,7,12-13,17-18H,2-3,5-6,8-10H2. The van der Waals surface area contributed by atoms with Crippen LogP contribution in [0.3, 0.4) is 0 Å². The minimum atomic E-state index is -0.487. The fourth-order valence-corrected chi connectivity index (χ4v) is 3.28. The molecule has 3 aliphatic rings. The highest BCUT2D eigenvalue weighted by Crippen LogP contribution is 2.60. The molecule has 1 unspecified atom stereocenters. The molecular weight excluding hydrogens is 254 g/mol. The van der Waals surface area contributed by atoms with E-state index in [-0.39, 0.29) is 6.79 Å². The van der Waals surface area contributed by atoms with Gasteiger partial charge in [0, 0.05) is 13.1 Å². The van der Waals surface area contributed by atoms with Crippen molar-refractivity contribution in [3.05, 3.63) is 23.8 Å². The number of hydrogen-bond donors (Lipinski definition) is 2. The van der Waals surface area contributed by atoms with Crippen molar-refractivity contribution in [2.75, 3.05) is 19.9 Å². The van der Waals surface area contributed by atoms with Crippen LogP contribution < -0.4 is 14.8 Å². The zero-order valence-corrected chi connectivity index (χ0v) is 11.6. The lowest BCUT2D eigenvalue weighted by Crippen LogP contribution is -2.29. The van der Waals surface area contributed by atoms with Gasteiger partial charge in [0.1, 0.15) is 0 Å². The Morgan fingerprint density at radius 2 is 2.05 bits per heavy atom. The summed E-state index contributed by atoms with van der Waals surface area (Å²) in [6.07, 6.45) is 5.06. The number of benzene rings is 1. The molecule has 4 nitrogen and oxygen atoms in total. The molecule has 4 heteroatoms. The van der Waals surface area contributed by atoms with Crippen LogP contribution in [-0.2, 0) is 0 Å². The Labute approximate surface area is 119 Å². The van der Waals surface area contributed by atoms with Crippen LogP contribution in [0.1, 0.15) is 37.4 Å². The van der Waals surface area contributed by atoms with E-state index >= 15 is 0 Å². The summed E-state index contributed by atoms with van der Waals surface area (Å²) in [7, 11) is 0. The highest BCUT2D eigenvalue weighted by Gasteiger charge is 2.53. The van der Waals surface area contributed by atoms with E-state index in [1.54, 1.807) is 0 Å². The molecule has 2 N–H and O–H groups in total. The second-order valence-corrected chi connectivity index (χ2v) is 6.40. The van der Waals surface area contributed by atoms with Crippen molar-refractivity contribution in [2.45, 2.75) is 31.8 Å². The third-order valence-corrected chi connectivity index (χ3v) is 4.93. The molecule has 1 heterocycles. The van der Waals surface area contributed by atoms with E-state index in [0.717, 1.165) is 29.5 Å². The summed E-state index contributed by atoms with van der Waals surface area (Å²) in [6, 6.07) is 5.66. The number of rotatable bonds is 6. The maximum atomic E-state index is 10.3. The second-order valence-electron chi connectivity index (χ2n) is 6.40. The molecule has 2 fully saturated rings. The molecule has 4 rings (SSSR count). The van der Waals surface area contributed by atoms with Gasteiger partial charge in [0.25, 0.3) is 0 Å². The molecule has 0 spiro atoms. The van der Waals surface area contributed by atoms with Crippen LogP contribution in [0.4, 0.5) is 0 Å². The van der Waals surface area contributed by atoms with Crippen molar-refractivity contribution >= 4 is 0 Å². The SMILES string of the molecule is OC(CNCC1(C2CC2)CC1)c1ccc2c(c1)OCO2. The van der Waals surface area contributed by atoms with Crippen LogP contribution in [0.2, 0.25) is 0 Å². The van der Waals surface area contributed by atoms with Gasteiger partial charge < -0.3 is 19.9 Å². The molecule has 1 aromatic carbocycles. The highest BCUT2D eigenvalue weighted by molar-refractivity contribution is 5.45. The molecule has 0 amide bonds. The highest BCUT2D eigenvalue weighted by atomic mass is 16.7. The van der Waals surface area contributed by atoms with Gasteiger partial charge in [0.15, 0.2) is 11.5 Å². The number of nitrogens with one attached hydrogen (secondary N) is 1. The van der Waals surface area contributed by atoms with Crippen LogP contribution in [0.25, 0.3) is 0 Å². The number of aliphatic hydroxyl groups excluding tert-OH is 1. The van der Waals surface area contributed by atoms with Gasteiger partial charge in [-0.15, -0.1) is 0 Å². The van der Waals surface area contributed by atoms with Crippen LogP contribution in [-0.4, -0.2) is 25.0 Å². The Hall–Kier alpha value is -1.26. The second kappa shape index (κ2) is 4.64. The van der Waals surface area contributed by atoms with E-state index in [4.69, 9.17) is 9.47 Å². The summed E-state index contributed by atoms with van der Waals surface area (Å²) in [4.78, 5) is 0. The van der Waals surface area contributed by atoms with E-state index in [2.05, 4.69) is 5.32 Å². The van der Waals surface area contributed by atoms with Crippen LogP contribution in [0.5, 0.6) is 11.5 Å². The Balaban J connectivity index is 1.32. The first kappa shape index (κ1) is 12.5. The first-order valence-corrected chi connectivity index (χ1v) is 7.55. The quantitative estimate of drug-likeness (QED) is 0.836. The van der Waals surface area contributed by atoms with E-state index in [1.165, 1.54) is 25.7 Å². The minimum absolute atomic E-state index is 0.275. The van der Waals surface area contributed by atoms with Crippen LogP contribution in [0, 0.1) is 11.3 Å². The number of fused-ring (bicyclic) bond motifs is 1. The smallest absolute Gasteiger partial charge is 0.231 e. The average Bonchev–Trinajstić information content (AvgIpc) is 3.36. The van der Waals surface area contributed by atoms with E-state index in [9.17, 15) is 5.11 Å². The van der Waals surface area contributed by atoms with Crippen molar-refractivity contribution in [1.82, 2.24) is 5.32 Å². The molecule has 20 heavy (non-hydrogen) atoms. The largest absolute Gasteiger partial charge is 0.454 e. The van der Waals surface area contributed by atoms with Crippen molar-refractivity contribution in [3.63, 3.8) is 0 Å². The summed E-state index contributed by atoms with van der Waals surface area (Å²) in [5, 5.41) is 13.7. The fourth-order valence-electron chi connectivity index (χ4n) is 3.28. The van der Waals surface area contributed by atoms with Crippen molar-refractivity contribution in [1.29, 1.82) is 0 Å². The van der Waals surface area contributed by atoms with Crippen LogP contribution in [0.15, 0.2) is 18.2 Å². The predicted molar refractivity (Wildman–Crippen MR) is 74.8 cm³/mol. The molecule has 1 aromatic rings. The molecule has 0 saturated heterocycles. The summed E-state index contributed by atoms with van der Waals surface area (Å²) in [5.74, 6) is 2.45. The first-order chi connectivity index (χ1) is 9.77. The fraction of sp³-hybridized carbons (Fsp3) is 0.625. The molecule has 0 radical (unpaired) electrons. The summed E-state index contributed by atoms with van der Waals surface area (Å²) in [5.41, 5.74) is 1.47. The van der Waals surface area contributed by atoms with Gasteiger partial charge in [-0.1, -0.05) is 6.07 Å². The van der Waals surface area contributed by atoms with Crippen molar-refractivity contribution in [2.24, 2.45) is 11.3 Å². The molecule has 0 aromatic heterocycles. The van der Waals surface area contributed by atoms with Gasteiger partial charge in [0.2, 0.25) is 6.79 Å².